The second-order valence-corrected chi connectivity index (χ2v) is 4.67. The summed E-state index contributed by atoms with van der Waals surface area (Å²) in [4.78, 5) is 0. The molecular weight excluding hydrogens is 216 g/mol. The minimum atomic E-state index is 0.931. The van der Waals surface area contributed by atoms with Gasteiger partial charge in [-0.05, 0) is 55.9 Å². The molecule has 1 aromatic carbocycles. The lowest BCUT2D eigenvalue weighted by Gasteiger charge is -2.14. The summed E-state index contributed by atoms with van der Waals surface area (Å²) in [5.41, 5.74) is 6.87. The molecule has 0 fully saturated rings. The van der Waals surface area contributed by atoms with Crippen LogP contribution in [0.2, 0.25) is 0 Å². The lowest BCUT2D eigenvalue weighted by Crippen LogP contribution is -1.93. The molecule has 0 N–H and O–H groups in total. The third kappa shape index (κ3) is 3.46. The van der Waals surface area contributed by atoms with Crippen molar-refractivity contribution in [3.8, 4) is 0 Å². The molecule has 0 saturated heterocycles. The molecule has 1 aromatic rings. The van der Waals surface area contributed by atoms with E-state index in [9.17, 15) is 0 Å². The van der Waals surface area contributed by atoms with E-state index in [-0.39, 0.29) is 0 Å². The average Bonchev–Trinajstić information content (AvgIpc) is 2.33. The SMILES string of the molecule is C=CCC(/C=C\C)=C(/CC)c1ccc(C)cc1C. The van der Waals surface area contributed by atoms with Gasteiger partial charge in [0.15, 0.2) is 0 Å². The monoisotopic (exact) mass is 240 g/mol. The van der Waals surface area contributed by atoms with Crippen molar-refractivity contribution >= 4 is 5.57 Å². The van der Waals surface area contributed by atoms with E-state index in [1.165, 1.54) is 27.8 Å². The molecule has 1 rings (SSSR count). The first-order chi connectivity index (χ1) is 8.63. The van der Waals surface area contributed by atoms with Crippen LogP contribution in [0.3, 0.4) is 0 Å². The highest BCUT2D eigenvalue weighted by atomic mass is 14.1. The van der Waals surface area contributed by atoms with Gasteiger partial charge < -0.3 is 0 Å². The van der Waals surface area contributed by atoms with Crippen molar-refractivity contribution in [2.75, 3.05) is 0 Å². The van der Waals surface area contributed by atoms with Crippen LogP contribution >= 0.6 is 0 Å². The van der Waals surface area contributed by atoms with E-state index < -0.39 is 0 Å². The van der Waals surface area contributed by atoms with Gasteiger partial charge in [0.1, 0.15) is 0 Å². The fourth-order valence-electron chi connectivity index (χ4n) is 2.39. The first-order valence-electron chi connectivity index (χ1n) is 6.67. The van der Waals surface area contributed by atoms with Crippen molar-refractivity contribution < 1.29 is 0 Å². The Bertz CT molecular complexity index is 473. The van der Waals surface area contributed by atoms with Gasteiger partial charge in [-0.3, -0.25) is 0 Å². The smallest absolute Gasteiger partial charge is 0.00973 e. The number of allylic oxidation sites excluding steroid dienone is 5. The molecule has 96 valence electrons. The largest absolute Gasteiger partial charge is 0.103 e. The molecular formula is C18H24. The van der Waals surface area contributed by atoms with Crippen LogP contribution in [0.4, 0.5) is 0 Å². The van der Waals surface area contributed by atoms with Crippen molar-refractivity contribution in [1.82, 2.24) is 0 Å². The van der Waals surface area contributed by atoms with Gasteiger partial charge in [0.25, 0.3) is 0 Å². The van der Waals surface area contributed by atoms with Crippen LogP contribution in [0, 0.1) is 13.8 Å². The molecule has 0 bridgehead atoms. The molecule has 0 aliphatic rings. The Labute approximate surface area is 112 Å². The maximum Gasteiger partial charge on any atom is -0.00973 e. The van der Waals surface area contributed by atoms with E-state index in [1.54, 1.807) is 0 Å². The second-order valence-electron chi connectivity index (χ2n) is 4.67. The van der Waals surface area contributed by atoms with E-state index in [0.717, 1.165) is 12.8 Å². The Morgan fingerprint density at radius 1 is 1.28 bits per heavy atom. The van der Waals surface area contributed by atoms with Crippen LogP contribution in [-0.2, 0) is 0 Å². The van der Waals surface area contributed by atoms with Gasteiger partial charge in [-0.1, -0.05) is 48.9 Å². The van der Waals surface area contributed by atoms with Crippen molar-refractivity contribution in [2.45, 2.75) is 40.5 Å². The lowest BCUT2D eigenvalue weighted by atomic mass is 9.91. The highest BCUT2D eigenvalue weighted by Gasteiger charge is 2.07. The summed E-state index contributed by atoms with van der Waals surface area (Å²) < 4.78 is 0. The summed E-state index contributed by atoms with van der Waals surface area (Å²) in [5.74, 6) is 0. The summed E-state index contributed by atoms with van der Waals surface area (Å²) >= 11 is 0. The van der Waals surface area contributed by atoms with Gasteiger partial charge in [0.2, 0.25) is 0 Å². The van der Waals surface area contributed by atoms with Crippen molar-refractivity contribution in [1.29, 1.82) is 0 Å². The Kier molecular flexibility index (Phi) is 5.64. The molecule has 0 unspecified atom stereocenters. The highest BCUT2D eigenvalue weighted by Crippen LogP contribution is 2.28. The summed E-state index contributed by atoms with van der Waals surface area (Å²) in [6.45, 7) is 12.5. The molecule has 0 radical (unpaired) electrons. The normalized spacial score (nSPS) is 12.7. The van der Waals surface area contributed by atoms with Crippen LogP contribution < -0.4 is 0 Å². The quantitative estimate of drug-likeness (QED) is 0.463. The zero-order chi connectivity index (χ0) is 13.5. The fraction of sp³-hybridized carbons (Fsp3) is 0.333. The van der Waals surface area contributed by atoms with Crippen LogP contribution in [-0.4, -0.2) is 0 Å². The van der Waals surface area contributed by atoms with Gasteiger partial charge in [-0.25, -0.2) is 0 Å². The van der Waals surface area contributed by atoms with Crippen LogP contribution in [0.25, 0.3) is 5.57 Å². The summed E-state index contributed by atoms with van der Waals surface area (Å²) in [6.07, 6.45) is 8.28. The second kappa shape index (κ2) is 7.00. The standard InChI is InChI=1S/C18H24/c1-6-9-16(10-7-2)17(8-3)18-12-11-14(4)13-15(18)5/h6-7,10-13H,1,8-9H2,2-5H3/b10-7-,17-16+. The summed E-state index contributed by atoms with van der Waals surface area (Å²) in [5, 5.41) is 0. The Balaban J connectivity index is 3.37. The van der Waals surface area contributed by atoms with Gasteiger partial charge in [0, 0.05) is 0 Å². The molecule has 0 amide bonds. The van der Waals surface area contributed by atoms with Gasteiger partial charge in [-0.15, -0.1) is 6.58 Å². The Morgan fingerprint density at radius 3 is 2.50 bits per heavy atom. The van der Waals surface area contributed by atoms with Crippen LogP contribution in [0.15, 0.2) is 48.6 Å². The third-order valence-electron chi connectivity index (χ3n) is 3.18. The molecule has 0 heteroatoms. The summed E-state index contributed by atoms with van der Waals surface area (Å²) in [7, 11) is 0. The molecule has 0 nitrogen and oxygen atoms in total. The number of rotatable bonds is 5. The van der Waals surface area contributed by atoms with Crippen LogP contribution in [0.5, 0.6) is 0 Å². The predicted octanol–water partition coefficient (Wildman–Crippen LogP) is 5.62. The van der Waals surface area contributed by atoms with E-state index in [1.807, 2.05) is 6.08 Å². The molecule has 0 saturated carbocycles. The number of aryl methyl sites for hydroxylation is 2. The average molecular weight is 240 g/mol. The summed E-state index contributed by atoms with van der Waals surface area (Å²) in [6, 6.07) is 6.70. The molecule has 0 atom stereocenters. The van der Waals surface area contributed by atoms with Crippen molar-refractivity contribution in [3.05, 3.63) is 65.3 Å². The fourth-order valence-corrected chi connectivity index (χ4v) is 2.39. The maximum absolute atomic E-state index is 3.86. The number of benzene rings is 1. The third-order valence-corrected chi connectivity index (χ3v) is 3.18. The zero-order valence-electron chi connectivity index (χ0n) is 12.1. The Hall–Kier alpha value is -1.56. The molecule has 0 aliphatic heterocycles. The maximum atomic E-state index is 3.86. The van der Waals surface area contributed by atoms with E-state index >= 15 is 0 Å². The topological polar surface area (TPSA) is 0 Å². The first-order valence-corrected chi connectivity index (χ1v) is 6.67. The zero-order valence-corrected chi connectivity index (χ0v) is 12.1. The number of hydrogen-bond donors (Lipinski definition) is 0. The minimum absolute atomic E-state index is 0.931. The van der Waals surface area contributed by atoms with E-state index in [4.69, 9.17) is 0 Å². The van der Waals surface area contributed by atoms with E-state index in [0.29, 0.717) is 0 Å². The highest BCUT2D eigenvalue weighted by molar-refractivity contribution is 5.73. The molecule has 0 heterocycles. The molecule has 0 aromatic heterocycles. The van der Waals surface area contributed by atoms with Crippen molar-refractivity contribution in [2.24, 2.45) is 0 Å². The predicted molar refractivity (Wildman–Crippen MR) is 82.8 cm³/mol. The number of hydrogen-bond acceptors (Lipinski definition) is 0. The lowest BCUT2D eigenvalue weighted by molar-refractivity contribution is 1.16. The van der Waals surface area contributed by atoms with E-state index in [2.05, 4.69) is 64.6 Å². The Morgan fingerprint density at radius 2 is 2.00 bits per heavy atom. The van der Waals surface area contributed by atoms with Crippen LogP contribution in [0.1, 0.15) is 43.4 Å². The molecule has 18 heavy (non-hydrogen) atoms. The van der Waals surface area contributed by atoms with Gasteiger partial charge in [0.05, 0.1) is 0 Å². The van der Waals surface area contributed by atoms with Crippen molar-refractivity contribution in [3.63, 3.8) is 0 Å². The minimum Gasteiger partial charge on any atom is -0.103 e. The van der Waals surface area contributed by atoms with Gasteiger partial charge >= 0.3 is 0 Å². The first kappa shape index (κ1) is 14.5. The van der Waals surface area contributed by atoms with Gasteiger partial charge in [-0.2, -0.15) is 0 Å². The molecule has 0 spiro atoms. The molecule has 0 aliphatic carbocycles.